The Kier molecular flexibility index (Phi) is 5.75. The van der Waals surface area contributed by atoms with Gasteiger partial charge in [-0.1, -0.05) is 35.5 Å². The predicted molar refractivity (Wildman–Crippen MR) is 111 cm³/mol. The van der Waals surface area contributed by atoms with E-state index in [2.05, 4.69) is 20.5 Å². The first-order valence-electron chi connectivity index (χ1n) is 8.33. The maximum atomic E-state index is 12.2. The summed E-state index contributed by atoms with van der Waals surface area (Å²) in [5.74, 6) is 0.836. The van der Waals surface area contributed by atoms with Gasteiger partial charge < -0.3 is 5.32 Å². The van der Waals surface area contributed by atoms with Crippen molar-refractivity contribution < 1.29 is 4.79 Å². The molecule has 0 bridgehead atoms. The fourth-order valence-electron chi connectivity index (χ4n) is 2.54. The number of benzene rings is 1. The van der Waals surface area contributed by atoms with Crippen molar-refractivity contribution in [2.24, 2.45) is 0 Å². The van der Waals surface area contributed by atoms with Crippen molar-refractivity contribution in [3.8, 4) is 0 Å². The zero-order chi connectivity index (χ0) is 19.3. The lowest BCUT2D eigenvalue weighted by atomic mass is 10.1. The van der Waals surface area contributed by atoms with Crippen LogP contribution in [0.25, 0.3) is 0 Å². The molecular weight excluding hydrogens is 416 g/mol. The lowest BCUT2D eigenvalue weighted by molar-refractivity contribution is -0.113. The molecule has 1 amide bonds. The summed E-state index contributed by atoms with van der Waals surface area (Å²) < 4.78 is 3.79. The number of hydrogen-bond donors (Lipinski definition) is 1. The number of nitrogens with one attached hydrogen (secondary N) is 1. The zero-order valence-corrected chi connectivity index (χ0v) is 16.9. The van der Waals surface area contributed by atoms with E-state index < -0.39 is 0 Å². The number of aromatic nitrogens is 5. The molecule has 0 saturated carbocycles. The molecule has 7 nitrogen and oxygen atoms in total. The number of hydrogen-bond acceptors (Lipinski definition) is 6. The number of nitrogens with zero attached hydrogens (tertiary/aromatic N) is 5. The Balaban J connectivity index is 1.53. The van der Waals surface area contributed by atoms with E-state index >= 15 is 0 Å². The van der Waals surface area contributed by atoms with Gasteiger partial charge in [-0.05, 0) is 29.8 Å². The summed E-state index contributed by atoms with van der Waals surface area (Å²) in [5.41, 5.74) is 1.07. The normalized spacial score (nSPS) is 10.9. The highest BCUT2D eigenvalue weighted by atomic mass is 35.5. The van der Waals surface area contributed by atoms with Crippen LogP contribution in [0.1, 0.15) is 11.4 Å². The van der Waals surface area contributed by atoms with E-state index in [9.17, 15) is 4.79 Å². The van der Waals surface area contributed by atoms with E-state index in [0.717, 1.165) is 11.4 Å². The Hall–Kier alpha value is -2.62. The van der Waals surface area contributed by atoms with Crippen molar-refractivity contribution in [1.82, 2.24) is 24.5 Å². The monoisotopic (exact) mass is 430 g/mol. The summed E-state index contributed by atoms with van der Waals surface area (Å²) in [4.78, 5) is 16.2. The Bertz CT molecular complexity index is 1040. The van der Waals surface area contributed by atoms with Crippen LogP contribution in [0.3, 0.4) is 0 Å². The van der Waals surface area contributed by atoms with Crippen molar-refractivity contribution >= 4 is 45.7 Å². The molecule has 0 unspecified atom stereocenters. The van der Waals surface area contributed by atoms with Gasteiger partial charge in [-0.3, -0.25) is 9.47 Å². The van der Waals surface area contributed by atoms with Crippen molar-refractivity contribution in [1.29, 1.82) is 0 Å². The molecule has 4 aromatic rings. The number of thioether (sulfide) groups is 1. The van der Waals surface area contributed by atoms with E-state index in [1.165, 1.54) is 23.1 Å². The molecule has 3 aromatic heterocycles. The summed E-state index contributed by atoms with van der Waals surface area (Å²) in [6.45, 7) is 0. The summed E-state index contributed by atoms with van der Waals surface area (Å²) in [5, 5.41) is 15.1. The molecule has 0 spiro atoms. The number of carbonyl (C=O) groups excluding carboxylic acids is 1. The minimum absolute atomic E-state index is 0.138. The lowest BCUT2D eigenvalue weighted by Gasteiger charge is -2.11. The third-order valence-corrected chi connectivity index (χ3v) is 5.64. The minimum atomic E-state index is -0.138. The second-order valence-corrected chi connectivity index (χ2v) is 8.02. The van der Waals surface area contributed by atoms with E-state index in [1.54, 1.807) is 6.20 Å². The van der Waals surface area contributed by atoms with E-state index in [1.807, 2.05) is 63.5 Å². The molecule has 0 atom stereocenters. The summed E-state index contributed by atoms with van der Waals surface area (Å²) in [6.07, 6.45) is 6.07. The second-order valence-electron chi connectivity index (χ2n) is 5.75. The van der Waals surface area contributed by atoms with Crippen molar-refractivity contribution in [2.75, 3.05) is 11.1 Å². The Labute approximate surface area is 174 Å². The van der Waals surface area contributed by atoms with Gasteiger partial charge in [-0.25, -0.2) is 9.66 Å². The van der Waals surface area contributed by atoms with Crippen LogP contribution >= 0.6 is 34.7 Å². The van der Waals surface area contributed by atoms with Gasteiger partial charge in [-0.2, -0.15) is 0 Å². The number of thiazole rings is 1. The molecule has 1 aromatic carbocycles. The molecule has 142 valence electrons. The molecule has 3 heterocycles. The average Bonchev–Trinajstić information content (AvgIpc) is 3.43. The predicted octanol–water partition coefficient (Wildman–Crippen LogP) is 3.82. The fraction of sp³-hybridized carbons (Fsp3) is 0.111. The minimum Gasteiger partial charge on any atom is -0.301 e. The van der Waals surface area contributed by atoms with Crippen LogP contribution in [0, 0.1) is 0 Å². The molecule has 0 fully saturated rings. The molecular formula is C18H15ClN6OS2. The van der Waals surface area contributed by atoms with Crippen LogP contribution < -0.4 is 5.32 Å². The highest BCUT2D eigenvalue weighted by Crippen LogP contribution is 2.21. The number of amides is 1. The van der Waals surface area contributed by atoms with Crippen LogP contribution in [0.15, 0.2) is 65.5 Å². The molecule has 0 saturated heterocycles. The largest absolute Gasteiger partial charge is 0.301 e. The molecule has 4 rings (SSSR count). The number of halogens is 1. The standard InChI is InChI=1S/C18H15ClN6OS2/c19-14-5-3-13(4-6-14)11-15-22-23-18(25(15)24-8-1-2-9-24)28-12-16(26)21-17-20-7-10-27-17/h1-10H,11-12H2,(H,20,21,26). The summed E-state index contributed by atoms with van der Waals surface area (Å²) in [7, 11) is 0. The van der Waals surface area contributed by atoms with Gasteiger partial charge in [0.05, 0.1) is 5.75 Å². The molecule has 0 aliphatic carbocycles. The third-order valence-electron chi connectivity index (χ3n) is 3.78. The molecule has 10 heteroatoms. The lowest BCUT2D eigenvalue weighted by Crippen LogP contribution is -2.16. The molecule has 0 aliphatic heterocycles. The number of rotatable bonds is 7. The maximum absolute atomic E-state index is 12.2. The van der Waals surface area contributed by atoms with Gasteiger partial charge in [0.1, 0.15) is 0 Å². The van der Waals surface area contributed by atoms with Gasteiger partial charge >= 0.3 is 0 Å². The first-order valence-corrected chi connectivity index (χ1v) is 10.6. The quantitative estimate of drug-likeness (QED) is 0.451. The van der Waals surface area contributed by atoms with E-state index in [-0.39, 0.29) is 11.7 Å². The Morgan fingerprint density at radius 1 is 1.18 bits per heavy atom. The molecule has 28 heavy (non-hydrogen) atoms. The van der Waals surface area contributed by atoms with Crippen LogP contribution in [0.4, 0.5) is 5.13 Å². The highest BCUT2D eigenvalue weighted by molar-refractivity contribution is 7.99. The summed E-state index contributed by atoms with van der Waals surface area (Å²) in [6, 6.07) is 11.5. The summed E-state index contributed by atoms with van der Waals surface area (Å²) >= 11 is 8.67. The first kappa shape index (κ1) is 18.7. The van der Waals surface area contributed by atoms with Gasteiger partial charge in [0.15, 0.2) is 11.0 Å². The van der Waals surface area contributed by atoms with Gasteiger partial charge in [-0.15, -0.1) is 21.5 Å². The topological polar surface area (TPSA) is 77.6 Å². The fourth-order valence-corrected chi connectivity index (χ4v) is 3.97. The van der Waals surface area contributed by atoms with Crippen LogP contribution in [0.5, 0.6) is 0 Å². The molecule has 0 aliphatic rings. The van der Waals surface area contributed by atoms with Crippen LogP contribution in [0.2, 0.25) is 5.02 Å². The second kappa shape index (κ2) is 8.59. The van der Waals surface area contributed by atoms with Gasteiger partial charge in [0.25, 0.3) is 0 Å². The highest BCUT2D eigenvalue weighted by Gasteiger charge is 2.16. The Morgan fingerprint density at radius 2 is 1.96 bits per heavy atom. The zero-order valence-electron chi connectivity index (χ0n) is 14.5. The van der Waals surface area contributed by atoms with Crippen molar-refractivity contribution in [3.63, 3.8) is 0 Å². The van der Waals surface area contributed by atoms with E-state index in [4.69, 9.17) is 11.6 Å². The molecule has 1 N–H and O–H groups in total. The van der Waals surface area contributed by atoms with E-state index in [0.29, 0.717) is 21.7 Å². The molecule has 0 radical (unpaired) electrons. The van der Waals surface area contributed by atoms with Crippen LogP contribution in [-0.4, -0.2) is 36.2 Å². The number of anilines is 1. The van der Waals surface area contributed by atoms with Gasteiger partial charge in [0, 0.05) is 35.4 Å². The van der Waals surface area contributed by atoms with Gasteiger partial charge in [0.2, 0.25) is 11.1 Å². The maximum Gasteiger partial charge on any atom is 0.236 e. The van der Waals surface area contributed by atoms with Crippen molar-refractivity contribution in [3.05, 3.63) is 76.8 Å². The SMILES string of the molecule is O=C(CSc1nnc(Cc2ccc(Cl)cc2)n1-n1cccc1)Nc1nccs1. The smallest absolute Gasteiger partial charge is 0.236 e. The number of carbonyl (C=O) groups is 1. The first-order chi connectivity index (χ1) is 13.7. The van der Waals surface area contributed by atoms with Crippen molar-refractivity contribution in [2.45, 2.75) is 11.6 Å². The third kappa shape index (κ3) is 4.44. The van der Waals surface area contributed by atoms with Crippen LogP contribution in [-0.2, 0) is 11.2 Å². The average molecular weight is 431 g/mol. The Morgan fingerprint density at radius 3 is 2.68 bits per heavy atom.